The highest BCUT2D eigenvalue weighted by Gasteiger charge is 2.17. The number of aliphatic hydroxyl groups excluding tert-OH is 3. The molecule has 36 heavy (non-hydrogen) atoms. The van der Waals surface area contributed by atoms with E-state index in [2.05, 4.69) is 18.7 Å². The van der Waals surface area contributed by atoms with Crippen LogP contribution in [-0.2, 0) is 4.79 Å². The third-order valence-corrected chi connectivity index (χ3v) is 7.21. The zero-order chi connectivity index (χ0) is 26.9. The summed E-state index contributed by atoms with van der Waals surface area (Å²) in [4.78, 5) is 13.0. The van der Waals surface area contributed by atoms with Crippen LogP contribution >= 0.6 is 0 Å². The molecule has 0 aromatic heterocycles. The number of aliphatic hydroxyl groups is 3. The predicted molar refractivity (Wildman–Crippen MR) is 150 cm³/mol. The number of hydrogen-bond acceptors (Lipinski definition) is 5. The SMILES string of the molecule is CCCCCCCCCC[C@@H](O)CN(CCCCC(O)C(=O)O)C[C@H](O)CCCCCCCCCC. The third kappa shape index (κ3) is 23.7. The molecule has 0 aliphatic rings. The summed E-state index contributed by atoms with van der Waals surface area (Å²) < 4.78 is 0. The van der Waals surface area contributed by atoms with Crippen LogP contribution in [0.3, 0.4) is 0 Å². The number of hydrogen-bond donors (Lipinski definition) is 4. The summed E-state index contributed by atoms with van der Waals surface area (Å²) in [5.41, 5.74) is 0. The summed E-state index contributed by atoms with van der Waals surface area (Å²) in [5, 5.41) is 39.6. The second-order valence-electron chi connectivity index (χ2n) is 10.9. The van der Waals surface area contributed by atoms with Crippen LogP contribution in [0.15, 0.2) is 0 Å². The van der Waals surface area contributed by atoms with Crippen LogP contribution in [0.25, 0.3) is 0 Å². The van der Waals surface area contributed by atoms with Gasteiger partial charge in [0, 0.05) is 13.1 Å². The maximum absolute atomic E-state index is 10.8. The quantitative estimate of drug-likeness (QED) is 0.0866. The molecule has 4 N–H and O–H groups in total. The minimum absolute atomic E-state index is 0.241. The molecule has 0 aromatic carbocycles. The first-order valence-corrected chi connectivity index (χ1v) is 15.4. The van der Waals surface area contributed by atoms with Crippen LogP contribution in [0.2, 0.25) is 0 Å². The highest BCUT2D eigenvalue weighted by atomic mass is 16.4. The van der Waals surface area contributed by atoms with Gasteiger partial charge in [-0.25, -0.2) is 4.79 Å². The smallest absolute Gasteiger partial charge is 0.332 e. The largest absolute Gasteiger partial charge is 0.479 e. The van der Waals surface area contributed by atoms with Gasteiger partial charge in [0.15, 0.2) is 6.10 Å². The van der Waals surface area contributed by atoms with Gasteiger partial charge in [0.25, 0.3) is 0 Å². The van der Waals surface area contributed by atoms with E-state index in [9.17, 15) is 20.1 Å². The summed E-state index contributed by atoms with van der Waals surface area (Å²) in [7, 11) is 0. The first-order valence-electron chi connectivity index (χ1n) is 15.4. The minimum atomic E-state index is -1.31. The van der Waals surface area contributed by atoms with Crippen molar-refractivity contribution < 1.29 is 25.2 Å². The lowest BCUT2D eigenvalue weighted by molar-refractivity contribution is -0.146. The molecule has 6 heteroatoms. The molecular weight excluding hydrogens is 454 g/mol. The maximum atomic E-state index is 10.8. The van der Waals surface area contributed by atoms with E-state index in [1.807, 2.05) is 0 Å². The van der Waals surface area contributed by atoms with Crippen molar-refractivity contribution in [1.82, 2.24) is 4.90 Å². The molecule has 0 saturated heterocycles. The molecule has 0 radical (unpaired) electrons. The Balaban J connectivity index is 4.27. The molecule has 0 aliphatic carbocycles. The fraction of sp³-hybridized carbons (Fsp3) is 0.967. The molecule has 1 unspecified atom stereocenters. The molecule has 0 bridgehead atoms. The first kappa shape index (κ1) is 35.3. The summed E-state index contributed by atoms with van der Waals surface area (Å²) in [5.74, 6) is -1.17. The highest BCUT2D eigenvalue weighted by Crippen LogP contribution is 2.14. The third-order valence-electron chi connectivity index (χ3n) is 7.21. The Morgan fingerprint density at radius 1 is 0.556 bits per heavy atom. The van der Waals surface area contributed by atoms with Gasteiger partial charge < -0.3 is 20.4 Å². The Kier molecular flexibility index (Phi) is 25.4. The lowest BCUT2D eigenvalue weighted by atomic mass is 10.0. The zero-order valence-electron chi connectivity index (χ0n) is 23.8. The molecule has 0 heterocycles. The number of nitrogens with zero attached hydrogens (tertiary/aromatic N) is 1. The fourth-order valence-electron chi connectivity index (χ4n) is 4.86. The number of aliphatic carboxylic acids is 1. The van der Waals surface area contributed by atoms with E-state index in [0.717, 1.165) is 44.9 Å². The van der Waals surface area contributed by atoms with Crippen LogP contribution in [0.1, 0.15) is 149 Å². The van der Waals surface area contributed by atoms with E-state index >= 15 is 0 Å². The monoisotopic (exact) mass is 515 g/mol. The molecule has 216 valence electrons. The van der Waals surface area contributed by atoms with E-state index in [1.54, 1.807) is 0 Å². The van der Waals surface area contributed by atoms with Crippen molar-refractivity contribution >= 4 is 5.97 Å². The van der Waals surface area contributed by atoms with Crippen molar-refractivity contribution in [2.75, 3.05) is 19.6 Å². The molecule has 6 nitrogen and oxygen atoms in total. The number of carbonyl (C=O) groups is 1. The Hall–Kier alpha value is -0.690. The molecule has 0 saturated carbocycles. The second-order valence-corrected chi connectivity index (χ2v) is 10.9. The van der Waals surface area contributed by atoms with Crippen molar-refractivity contribution in [2.24, 2.45) is 0 Å². The summed E-state index contributed by atoms with van der Waals surface area (Å²) in [6, 6.07) is 0. The highest BCUT2D eigenvalue weighted by molar-refractivity contribution is 5.71. The predicted octanol–water partition coefficient (Wildman–Crippen LogP) is 6.69. The number of rotatable bonds is 28. The maximum Gasteiger partial charge on any atom is 0.332 e. The van der Waals surface area contributed by atoms with Gasteiger partial charge in [-0.05, 0) is 38.6 Å². The summed E-state index contributed by atoms with van der Waals surface area (Å²) >= 11 is 0. The van der Waals surface area contributed by atoms with Crippen LogP contribution in [0.5, 0.6) is 0 Å². The lowest BCUT2D eigenvalue weighted by Gasteiger charge is -2.27. The summed E-state index contributed by atoms with van der Waals surface area (Å²) in [6.07, 6.45) is 21.0. The molecule has 0 spiro atoms. The fourth-order valence-corrected chi connectivity index (χ4v) is 4.86. The van der Waals surface area contributed by atoms with Crippen molar-refractivity contribution in [2.45, 2.75) is 167 Å². The Labute approximate surface area is 222 Å². The average molecular weight is 516 g/mol. The molecule has 0 amide bonds. The van der Waals surface area contributed by atoms with Crippen molar-refractivity contribution in [3.8, 4) is 0 Å². The standard InChI is InChI=1S/C30H61NO5/c1-3-5-7-9-11-13-15-17-21-27(32)25-31(24-20-19-23-29(34)30(35)36)26-28(33)22-18-16-14-12-10-8-6-4-2/h27-29,32-34H,3-26H2,1-2H3,(H,35,36)/t27-,28-,29?/m1/s1. The first-order chi connectivity index (χ1) is 17.4. The molecular formula is C30H61NO5. The van der Waals surface area contributed by atoms with Crippen LogP contribution in [-0.4, -0.2) is 69.2 Å². The molecule has 0 fully saturated rings. The zero-order valence-corrected chi connectivity index (χ0v) is 23.8. The van der Waals surface area contributed by atoms with Crippen molar-refractivity contribution in [3.05, 3.63) is 0 Å². The minimum Gasteiger partial charge on any atom is -0.479 e. The van der Waals surface area contributed by atoms with Crippen LogP contribution in [0, 0.1) is 0 Å². The number of unbranched alkanes of at least 4 members (excludes halogenated alkanes) is 15. The number of carboxylic acid groups (broad SMARTS) is 1. The van der Waals surface area contributed by atoms with Gasteiger partial charge in [-0.1, -0.05) is 117 Å². The molecule has 0 aromatic rings. The molecule has 0 rings (SSSR count). The van der Waals surface area contributed by atoms with Gasteiger partial charge in [-0.2, -0.15) is 0 Å². The van der Waals surface area contributed by atoms with Crippen molar-refractivity contribution in [3.63, 3.8) is 0 Å². The van der Waals surface area contributed by atoms with Gasteiger partial charge >= 0.3 is 5.97 Å². The lowest BCUT2D eigenvalue weighted by Crippen LogP contribution is -2.38. The van der Waals surface area contributed by atoms with E-state index in [-0.39, 0.29) is 6.42 Å². The normalized spacial score (nSPS) is 14.3. The van der Waals surface area contributed by atoms with E-state index in [0.29, 0.717) is 26.1 Å². The van der Waals surface area contributed by atoms with E-state index < -0.39 is 24.3 Å². The Morgan fingerprint density at radius 2 is 0.917 bits per heavy atom. The van der Waals surface area contributed by atoms with Crippen molar-refractivity contribution in [1.29, 1.82) is 0 Å². The van der Waals surface area contributed by atoms with Gasteiger partial charge in [-0.15, -0.1) is 0 Å². The topological polar surface area (TPSA) is 101 Å². The van der Waals surface area contributed by atoms with Gasteiger partial charge in [0.2, 0.25) is 0 Å². The number of carboxylic acids is 1. The van der Waals surface area contributed by atoms with Crippen LogP contribution in [0.4, 0.5) is 0 Å². The molecule has 3 atom stereocenters. The Bertz CT molecular complexity index is 448. The average Bonchev–Trinajstić information content (AvgIpc) is 2.84. The van der Waals surface area contributed by atoms with E-state index in [4.69, 9.17) is 5.11 Å². The van der Waals surface area contributed by atoms with Crippen LogP contribution < -0.4 is 0 Å². The van der Waals surface area contributed by atoms with Gasteiger partial charge in [0.05, 0.1) is 12.2 Å². The molecule has 0 aliphatic heterocycles. The summed E-state index contributed by atoms with van der Waals surface area (Å²) in [6.45, 7) is 6.27. The van der Waals surface area contributed by atoms with Gasteiger partial charge in [-0.3, -0.25) is 4.90 Å². The van der Waals surface area contributed by atoms with E-state index in [1.165, 1.54) is 77.0 Å². The van der Waals surface area contributed by atoms with Gasteiger partial charge in [0.1, 0.15) is 0 Å². The second kappa shape index (κ2) is 25.9. The Morgan fingerprint density at radius 3 is 1.31 bits per heavy atom.